The number of amides is 1. The zero-order valence-corrected chi connectivity index (χ0v) is 13.8. The Hall–Kier alpha value is -1.38. The number of halogens is 1. The van der Waals surface area contributed by atoms with Crippen molar-refractivity contribution >= 4 is 11.6 Å². The normalized spacial score (nSPS) is 11.0. The third kappa shape index (κ3) is 4.83. The highest BCUT2D eigenvalue weighted by Crippen LogP contribution is 2.27. The summed E-state index contributed by atoms with van der Waals surface area (Å²) in [6.45, 7) is 8.13. The second-order valence-corrected chi connectivity index (χ2v) is 5.70. The number of rotatable bonds is 8. The maximum atomic E-state index is 14.3. The summed E-state index contributed by atoms with van der Waals surface area (Å²) < 4.78 is 14.3. The average Bonchev–Trinajstić information content (AvgIpc) is 2.44. The summed E-state index contributed by atoms with van der Waals surface area (Å²) in [6, 6.07) is 5.10. The Bertz CT molecular complexity index is 453. The summed E-state index contributed by atoms with van der Waals surface area (Å²) >= 11 is 0. The van der Waals surface area contributed by atoms with Crippen molar-refractivity contribution in [2.24, 2.45) is 0 Å². The monoisotopic (exact) mass is 293 g/mol. The topological polar surface area (TPSA) is 20.3 Å². The molecular weight excluding hydrogens is 265 g/mol. The van der Waals surface area contributed by atoms with Crippen molar-refractivity contribution in [1.29, 1.82) is 0 Å². The summed E-state index contributed by atoms with van der Waals surface area (Å²) in [5, 5.41) is 0. The van der Waals surface area contributed by atoms with Crippen LogP contribution in [0.3, 0.4) is 0 Å². The second kappa shape index (κ2) is 8.81. The zero-order valence-electron chi connectivity index (χ0n) is 13.8. The van der Waals surface area contributed by atoms with E-state index in [9.17, 15) is 9.18 Å². The SMILES string of the molecule is CCCC(=O)N(c1cc(C)ccc1F)C(CCC)CCC. The van der Waals surface area contributed by atoms with Crippen LogP contribution in [0.25, 0.3) is 0 Å². The minimum atomic E-state index is -0.303. The minimum Gasteiger partial charge on any atom is -0.307 e. The van der Waals surface area contributed by atoms with Gasteiger partial charge in [-0.3, -0.25) is 4.79 Å². The third-order valence-electron chi connectivity index (χ3n) is 3.70. The first-order valence-corrected chi connectivity index (χ1v) is 8.13. The van der Waals surface area contributed by atoms with Crippen molar-refractivity contribution in [3.05, 3.63) is 29.6 Å². The first kappa shape index (κ1) is 17.7. The molecule has 118 valence electrons. The van der Waals surface area contributed by atoms with Gasteiger partial charge in [-0.15, -0.1) is 0 Å². The Morgan fingerprint density at radius 3 is 2.29 bits per heavy atom. The van der Waals surface area contributed by atoms with Crippen molar-refractivity contribution in [2.75, 3.05) is 4.90 Å². The molecule has 0 aliphatic carbocycles. The molecule has 0 aliphatic heterocycles. The molecule has 0 unspecified atom stereocenters. The summed E-state index contributed by atoms with van der Waals surface area (Å²) in [4.78, 5) is 14.3. The number of nitrogens with zero attached hydrogens (tertiary/aromatic N) is 1. The van der Waals surface area contributed by atoms with Crippen LogP contribution >= 0.6 is 0 Å². The van der Waals surface area contributed by atoms with Crippen LogP contribution < -0.4 is 4.90 Å². The molecular formula is C18H28FNO. The summed E-state index contributed by atoms with van der Waals surface area (Å²) in [5.41, 5.74) is 1.42. The molecule has 0 N–H and O–H groups in total. The third-order valence-corrected chi connectivity index (χ3v) is 3.70. The maximum Gasteiger partial charge on any atom is 0.227 e. The van der Waals surface area contributed by atoms with Gasteiger partial charge in [0.2, 0.25) is 5.91 Å². The van der Waals surface area contributed by atoms with Gasteiger partial charge < -0.3 is 4.90 Å². The first-order valence-electron chi connectivity index (χ1n) is 8.13. The fraction of sp³-hybridized carbons (Fsp3) is 0.611. The van der Waals surface area contributed by atoms with Crippen molar-refractivity contribution in [1.82, 2.24) is 0 Å². The molecule has 0 fully saturated rings. The van der Waals surface area contributed by atoms with E-state index in [0.29, 0.717) is 12.1 Å². The smallest absolute Gasteiger partial charge is 0.227 e. The fourth-order valence-corrected chi connectivity index (χ4v) is 2.75. The van der Waals surface area contributed by atoms with Gasteiger partial charge in [-0.2, -0.15) is 0 Å². The molecule has 21 heavy (non-hydrogen) atoms. The molecule has 1 aromatic rings. The lowest BCUT2D eigenvalue weighted by Gasteiger charge is -2.32. The van der Waals surface area contributed by atoms with E-state index in [1.807, 2.05) is 13.8 Å². The largest absolute Gasteiger partial charge is 0.307 e. The highest BCUT2D eigenvalue weighted by molar-refractivity contribution is 5.94. The Balaban J connectivity index is 3.22. The van der Waals surface area contributed by atoms with Gasteiger partial charge in [0, 0.05) is 12.5 Å². The van der Waals surface area contributed by atoms with E-state index in [1.54, 1.807) is 17.0 Å². The lowest BCUT2D eigenvalue weighted by atomic mass is 10.0. The molecule has 1 aromatic carbocycles. The molecule has 0 saturated carbocycles. The van der Waals surface area contributed by atoms with E-state index in [4.69, 9.17) is 0 Å². The highest BCUT2D eigenvalue weighted by atomic mass is 19.1. The van der Waals surface area contributed by atoms with E-state index < -0.39 is 0 Å². The van der Waals surface area contributed by atoms with Gasteiger partial charge >= 0.3 is 0 Å². The summed E-state index contributed by atoms with van der Waals surface area (Å²) in [5.74, 6) is -0.267. The zero-order chi connectivity index (χ0) is 15.8. The van der Waals surface area contributed by atoms with Crippen LogP contribution in [0.4, 0.5) is 10.1 Å². The predicted octanol–water partition coefficient (Wildman–Crippen LogP) is 5.24. The van der Waals surface area contributed by atoms with Crippen molar-refractivity contribution in [2.45, 2.75) is 72.3 Å². The molecule has 0 atom stereocenters. The molecule has 0 aromatic heterocycles. The summed E-state index contributed by atoms with van der Waals surface area (Å²) in [6.07, 6.45) is 5.07. The predicted molar refractivity (Wildman–Crippen MR) is 87.1 cm³/mol. The van der Waals surface area contributed by atoms with Gasteiger partial charge in [0.25, 0.3) is 0 Å². The van der Waals surface area contributed by atoms with Gasteiger partial charge in [0.05, 0.1) is 5.69 Å². The lowest BCUT2D eigenvalue weighted by Crippen LogP contribution is -2.41. The quantitative estimate of drug-likeness (QED) is 0.642. The maximum absolute atomic E-state index is 14.3. The van der Waals surface area contributed by atoms with E-state index in [-0.39, 0.29) is 17.8 Å². The number of anilines is 1. The fourth-order valence-electron chi connectivity index (χ4n) is 2.75. The number of aryl methyl sites for hydroxylation is 1. The molecule has 0 heterocycles. The van der Waals surface area contributed by atoms with Gasteiger partial charge in [-0.1, -0.05) is 39.7 Å². The van der Waals surface area contributed by atoms with Crippen molar-refractivity contribution in [3.8, 4) is 0 Å². The van der Waals surface area contributed by atoms with Crippen LogP contribution in [0, 0.1) is 12.7 Å². The molecule has 1 rings (SSSR count). The first-order chi connectivity index (χ1) is 10.0. The van der Waals surface area contributed by atoms with Gasteiger partial charge in [-0.25, -0.2) is 4.39 Å². The minimum absolute atomic E-state index is 0.0360. The average molecular weight is 293 g/mol. The van der Waals surface area contributed by atoms with Crippen LogP contribution in [0.15, 0.2) is 18.2 Å². The van der Waals surface area contributed by atoms with Crippen LogP contribution in [0.1, 0.15) is 64.9 Å². The Labute approximate surface area is 128 Å². The molecule has 0 aliphatic rings. The van der Waals surface area contributed by atoms with Gasteiger partial charge in [0.1, 0.15) is 5.82 Å². The van der Waals surface area contributed by atoms with Gasteiger partial charge in [0.15, 0.2) is 0 Å². The molecule has 0 radical (unpaired) electrons. The number of benzene rings is 1. The number of hydrogen-bond acceptors (Lipinski definition) is 1. The van der Waals surface area contributed by atoms with Crippen LogP contribution in [-0.4, -0.2) is 11.9 Å². The lowest BCUT2D eigenvalue weighted by molar-refractivity contribution is -0.119. The standard InChI is InChI=1S/C18H28FNO/c1-5-8-15(9-6-2)20(18(21)10-7-3)17-13-14(4)11-12-16(17)19/h11-13,15H,5-10H2,1-4H3. The number of carbonyl (C=O) groups is 1. The number of carbonyl (C=O) groups excluding carboxylic acids is 1. The van der Waals surface area contributed by atoms with E-state index in [2.05, 4.69) is 13.8 Å². The Morgan fingerprint density at radius 1 is 1.14 bits per heavy atom. The van der Waals surface area contributed by atoms with E-state index in [1.165, 1.54) is 6.07 Å². The van der Waals surface area contributed by atoms with Crippen LogP contribution in [-0.2, 0) is 4.79 Å². The molecule has 3 heteroatoms. The summed E-state index contributed by atoms with van der Waals surface area (Å²) in [7, 11) is 0. The van der Waals surface area contributed by atoms with E-state index in [0.717, 1.165) is 37.7 Å². The molecule has 1 amide bonds. The molecule has 2 nitrogen and oxygen atoms in total. The second-order valence-electron chi connectivity index (χ2n) is 5.70. The van der Waals surface area contributed by atoms with Crippen LogP contribution in [0.2, 0.25) is 0 Å². The van der Waals surface area contributed by atoms with Crippen molar-refractivity contribution in [3.63, 3.8) is 0 Å². The van der Waals surface area contributed by atoms with Crippen LogP contribution in [0.5, 0.6) is 0 Å². The molecule has 0 spiro atoms. The van der Waals surface area contributed by atoms with Crippen molar-refractivity contribution < 1.29 is 9.18 Å². The van der Waals surface area contributed by atoms with Gasteiger partial charge in [-0.05, 0) is 43.9 Å². The Morgan fingerprint density at radius 2 is 1.76 bits per heavy atom. The molecule has 0 saturated heterocycles. The number of hydrogen-bond donors (Lipinski definition) is 0. The Kier molecular flexibility index (Phi) is 7.41. The molecule has 0 bridgehead atoms. The highest BCUT2D eigenvalue weighted by Gasteiger charge is 2.26. The van der Waals surface area contributed by atoms with E-state index >= 15 is 0 Å².